The Morgan fingerprint density at radius 1 is 1.26 bits per heavy atom. The first-order valence-electron chi connectivity index (χ1n) is 6.79. The minimum atomic E-state index is 0.118. The van der Waals surface area contributed by atoms with Crippen molar-refractivity contribution < 1.29 is 9.47 Å². The summed E-state index contributed by atoms with van der Waals surface area (Å²) in [5, 5.41) is 3.50. The molecule has 1 fully saturated rings. The zero-order valence-electron chi connectivity index (χ0n) is 11.8. The normalized spacial score (nSPS) is 18.2. The van der Waals surface area contributed by atoms with Crippen LogP contribution in [-0.4, -0.2) is 40.0 Å². The average Bonchev–Trinajstić information content (AvgIpc) is 3.19. The van der Waals surface area contributed by atoms with Crippen LogP contribution in [0.4, 0.5) is 5.69 Å². The average molecular weight is 264 g/mol. The molecule has 0 heterocycles. The van der Waals surface area contributed by atoms with Crippen LogP contribution in [0.15, 0.2) is 24.3 Å². The molecule has 1 aliphatic carbocycles. The van der Waals surface area contributed by atoms with Crippen LogP contribution in [0, 0.1) is 0 Å². The molecule has 0 aromatic heterocycles. The van der Waals surface area contributed by atoms with E-state index >= 15 is 0 Å². The Labute approximate surface area is 115 Å². The van der Waals surface area contributed by atoms with Gasteiger partial charge in [0, 0.05) is 38.4 Å². The first-order chi connectivity index (χ1) is 9.20. The quantitative estimate of drug-likeness (QED) is 0.700. The van der Waals surface area contributed by atoms with Gasteiger partial charge in [-0.05, 0) is 30.5 Å². The minimum Gasteiger partial charge on any atom is -0.399 e. The smallest absolute Gasteiger partial charge is 0.0928 e. The highest BCUT2D eigenvalue weighted by molar-refractivity contribution is 5.43. The lowest BCUT2D eigenvalue weighted by Crippen LogP contribution is -2.36. The van der Waals surface area contributed by atoms with E-state index in [1.807, 2.05) is 12.1 Å². The molecule has 1 aromatic rings. The van der Waals surface area contributed by atoms with Crippen molar-refractivity contribution in [2.45, 2.75) is 24.4 Å². The van der Waals surface area contributed by atoms with Gasteiger partial charge in [0.05, 0.1) is 12.7 Å². The summed E-state index contributed by atoms with van der Waals surface area (Å²) >= 11 is 0. The molecular weight excluding hydrogens is 240 g/mol. The molecule has 1 atom stereocenters. The summed E-state index contributed by atoms with van der Waals surface area (Å²) in [7, 11) is 3.42. The fraction of sp³-hybridized carbons (Fsp3) is 0.600. The van der Waals surface area contributed by atoms with Crippen molar-refractivity contribution in [1.82, 2.24) is 5.32 Å². The molecule has 1 saturated carbocycles. The first kappa shape index (κ1) is 14.3. The van der Waals surface area contributed by atoms with Gasteiger partial charge in [0.1, 0.15) is 0 Å². The van der Waals surface area contributed by atoms with E-state index in [2.05, 4.69) is 17.4 Å². The Hall–Kier alpha value is -1.10. The molecule has 3 N–H and O–H groups in total. The number of nitrogens with one attached hydrogen (secondary N) is 1. The predicted molar refractivity (Wildman–Crippen MR) is 77.3 cm³/mol. The molecule has 2 rings (SSSR count). The van der Waals surface area contributed by atoms with E-state index in [0.717, 1.165) is 18.8 Å². The van der Waals surface area contributed by atoms with E-state index < -0.39 is 0 Å². The zero-order valence-corrected chi connectivity index (χ0v) is 11.8. The number of nitrogens with two attached hydrogens (primary N) is 1. The van der Waals surface area contributed by atoms with Gasteiger partial charge in [0.25, 0.3) is 0 Å². The number of hydrogen-bond donors (Lipinski definition) is 2. The highest BCUT2D eigenvalue weighted by Crippen LogP contribution is 2.47. The van der Waals surface area contributed by atoms with Gasteiger partial charge in [0.2, 0.25) is 0 Å². The number of rotatable bonds is 8. The number of methoxy groups -OCH3 is 2. The summed E-state index contributed by atoms with van der Waals surface area (Å²) in [5.41, 5.74) is 8.25. The third kappa shape index (κ3) is 3.69. The van der Waals surface area contributed by atoms with E-state index in [9.17, 15) is 0 Å². The molecule has 0 spiro atoms. The maximum atomic E-state index is 5.74. The molecule has 0 aliphatic heterocycles. The largest absolute Gasteiger partial charge is 0.399 e. The van der Waals surface area contributed by atoms with Crippen molar-refractivity contribution in [2.24, 2.45) is 0 Å². The second-order valence-electron chi connectivity index (χ2n) is 5.35. The van der Waals surface area contributed by atoms with Crippen LogP contribution in [0.1, 0.15) is 18.4 Å². The molecule has 1 unspecified atom stereocenters. The van der Waals surface area contributed by atoms with Gasteiger partial charge in [0.15, 0.2) is 0 Å². The van der Waals surface area contributed by atoms with Crippen molar-refractivity contribution in [2.75, 3.05) is 39.6 Å². The van der Waals surface area contributed by atoms with Gasteiger partial charge in [-0.2, -0.15) is 0 Å². The molecule has 1 aliphatic rings. The van der Waals surface area contributed by atoms with E-state index in [0.29, 0.717) is 12.0 Å². The highest BCUT2D eigenvalue weighted by Gasteiger charge is 2.43. The monoisotopic (exact) mass is 264 g/mol. The summed E-state index contributed by atoms with van der Waals surface area (Å²) in [4.78, 5) is 0. The van der Waals surface area contributed by atoms with Crippen LogP contribution in [0.2, 0.25) is 0 Å². The van der Waals surface area contributed by atoms with Crippen LogP contribution in [0.3, 0.4) is 0 Å². The molecule has 19 heavy (non-hydrogen) atoms. The SMILES string of the molecule is COCC(CNCC1(c2ccc(N)cc2)CC1)OC. The molecular formula is C15H24N2O2. The summed E-state index contributed by atoms with van der Waals surface area (Å²) in [6, 6.07) is 8.26. The molecule has 106 valence electrons. The van der Waals surface area contributed by atoms with Gasteiger partial charge in [-0.15, -0.1) is 0 Å². The van der Waals surface area contributed by atoms with Crippen LogP contribution in [0.25, 0.3) is 0 Å². The lowest BCUT2D eigenvalue weighted by molar-refractivity contribution is 0.0287. The lowest BCUT2D eigenvalue weighted by atomic mass is 9.95. The van der Waals surface area contributed by atoms with Gasteiger partial charge in [-0.25, -0.2) is 0 Å². The maximum absolute atomic E-state index is 5.74. The Kier molecular flexibility index (Phi) is 4.80. The predicted octanol–water partition coefficient (Wildman–Crippen LogP) is 1.55. The molecule has 0 radical (unpaired) electrons. The van der Waals surface area contributed by atoms with Gasteiger partial charge >= 0.3 is 0 Å². The van der Waals surface area contributed by atoms with Crippen molar-refractivity contribution in [3.63, 3.8) is 0 Å². The van der Waals surface area contributed by atoms with E-state index in [1.54, 1.807) is 14.2 Å². The van der Waals surface area contributed by atoms with Gasteiger partial charge < -0.3 is 20.5 Å². The molecule has 0 saturated heterocycles. The Morgan fingerprint density at radius 2 is 1.95 bits per heavy atom. The highest BCUT2D eigenvalue weighted by atomic mass is 16.5. The standard InChI is InChI=1S/C15H24N2O2/c1-18-10-14(19-2)9-17-11-15(7-8-15)12-3-5-13(16)6-4-12/h3-6,14,17H,7-11,16H2,1-2H3. The van der Waals surface area contributed by atoms with E-state index in [-0.39, 0.29) is 6.10 Å². The Balaban J connectivity index is 1.83. The van der Waals surface area contributed by atoms with Gasteiger partial charge in [-0.1, -0.05) is 12.1 Å². The second-order valence-corrected chi connectivity index (χ2v) is 5.35. The maximum Gasteiger partial charge on any atom is 0.0928 e. The van der Waals surface area contributed by atoms with Crippen LogP contribution in [-0.2, 0) is 14.9 Å². The van der Waals surface area contributed by atoms with Crippen LogP contribution in [0.5, 0.6) is 0 Å². The molecule has 4 nitrogen and oxygen atoms in total. The number of anilines is 1. The Morgan fingerprint density at radius 3 is 2.47 bits per heavy atom. The summed E-state index contributed by atoms with van der Waals surface area (Å²) < 4.78 is 10.5. The fourth-order valence-corrected chi connectivity index (χ4v) is 2.42. The molecule has 1 aromatic carbocycles. The number of hydrogen-bond acceptors (Lipinski definition) is 4. The van der Waals surface area contributed by atoms with Crippen LogP contribution >= 0.6 is 0 Å². The molecule has 0 bridgehead atoms. The van der Waals surface area contributed by atoms with Gasteiger partial charge in [-0.3, -0.25) is 0 Å². The molecule has 0 amide bonds. The van der Waals surface area contributed by atoms with E-state index in [4.69, 9.17) is 15.2 Å². The third-order valence-electron chi connectivity index (χ3n) is 3.90. The zero-order chi connectivity index (χ0) is 13.7. The van der Waals surface area contributed by atoms with Crippen LogP contribution < -0.4 is 11.1 Å². The Bertz CT molecular complexity index is 388. The van der Waals surface area contributed by atoms with E-state index in [1.165, 1.54) is 18.4 Å². The van der Waals surface area contributed by atoms with Crippen molar-refractivity contribution >= 4 is 5.69 Å². The minimum absolute atomic E-state index is 0.118. The number of nitrogen functional groups attached to an aromatic ring is 1. The third-order valence-corrected chi connectivity index (χ3v) is 3.90. The second kappa shape index (κ2) is 6.37. The molecule has 4 heteroatoms. The van der Waals surface area contributed by atoms with Crippen molar-refractivity contribution in [1.29, 1.82) is 0 Å². The topological polar surface area (TPSA) is 56.5 Å². The summed E-state index contributed by atoms with van der Waals surface area (Å²) in [6.45, 7) is 2.43. The summed E-state index contributed by atoms with van der Waals surface area (Å²) in [6.07, 6.45) is 2.60. The fourth-order valence-electron chi connectivity index (χ4n) is 2.42. The first-order valence-corrected chi connectivity index (χ1v) is 6.79. The van der Waals surface area contributed by atoms with Crippen molar-refractivity contribution in [3.8, 4) is 0 Å². The number of benzene rings is 1. The number of ether oxygens (including phenoxy) is 2. The van der Waals surface area contributed by atoms with Crippen molar-refractivity contribution in [3.05, 3.63) is 29.8 Å². The summed E-state index contributed by atoms with van der Waals surface area (Å²) in [5.74, 6) is 0. The lowest BCUT2D eigenvalue weighted by Gasteiger charge is -2.20.